The SMILES string of the molecule is CCOC/C=C(/c1cc(OC)c(OC)c(OC)c1)c1cc(C#N)ccc1OCOC. The Bertz CT molecular complexity index is 891. The Hall–Kier alpha value is -3.21. The lowest BCUT2D eigenvalue weighted by atomic mass is 9.94. The minimum atomic E-state index is 0.0763. The highest BCUT2D eigenvalue weighted by Gasteiger charge is 2.19. The van der Waals surface area contributed by atoms with Gasteiger partial charge in [0, 0.05) is 19.3 Å². The summed E-state index contributed by atoms with van der Waals surface area (Å²) in [6.07, 6.45) is 1.93. The summed E-state index contributed by atoms with van der Waals surface area (Å²) in [7, 11) is 6.23. The minimum Gasteiger partial charge on any atom is -0.493 e. The van der Waals surface area contributed by atoms with Crippen molar-refractivity contribution in [2.75, 3.05) is 48.4 Å². The van der Waals surface area contributed by atoms with Crippen LogP contribution < -0.4 is 18.9 Å². The van der Waals surface area contributed by atoms with E-state index in [1.54, 1.807) is 46.6 Å². The molecule has 7 nitrogen and oxygen atoms in total. The lowest BCUT2D eigenvalue weighted by Gasteiger charge is -2.18. The molecule has 0 unspecified atom stereocenters. The molecule has 0 atom stereocenters. The van der Waals surface area contributed by atoms with Crippen LogP contribution in [0.15, 0.2) is 36.4 Å². The number of rotatable bonds is 11. The zero-order valence-electron chi connectivity index (χ0n) is 18.0. The van der Waals surface area contributed by atoms with Gasteiger partial charge in [-0.1, -0.05) is 6.08 Å². The molecule has 0 bridgehead atoms. The predicted octanol–water partition coefficient (Wildman–Crippen LogP) is 4.03. The van der Waals surface area contributed by atoms with Crippen LogP contribution in [-0.4, -0.2) is 48.4 Å². The minimum absolute atomic E-state index is 0.0763. The number of benzene rings is 2. The van der Waals surface area contributed by atoms with Crippen molar-refractivity contribution in [2.24, 2.45) is 0 Å². The summed E-state index contributed by atoms with van der Waals surface area (Å²) >= 11 is 0. The summed E-state index contributed by atoms with van der Waals surface area (Å²) in [5, 5.41) is 9.41. The quantitative estimate of drug-likeness (QED) is 0.406. The van der Waals surface area contributed by atoms with Crippen molar-refractivity contribution in [1.29, 1.82) is 5.26 Å². The van der Waals surface area contributed by atoms with Crippen LogP contribution in [0.3, 0.4) is 0 Å². The monoisotopic (exact) mass is 413 g/mol. The molecule has 0 spiro atoms. The van der Waals surface area contributed by atoms with E-state index >= 15 is 0 Å². The van der Waals surface area contributed by atoms with Crippen LogP contribution in [0.5, 0.6) is 23.0 Å². The third-order valence-electron chi connectivity index (χ3n) is 4.32. The first kappa shape index (κ1) is 23.1. The Morgan fingerprint density at radius 2 is 1.67 bits per heavy atom. The Balaban J connectivity index is 2.72. The maximum Gasteiger partial charge on any atom is 0.203 e. The average molecular weight is 413 g/mol. The van der Waals surface area contributed by atoms with Crippen molar-refractivity contribution in [2.45, 2.75) is 6.92 Å². The predicted molar refractivity (Wildman–Crippen MR) is 113 cm³/mol. The Labute approximate surface area is 177 Å². The van der Waals surface area contributed by atoms with Gasteiger partial charge in [-0.05, 0) is 48.4 Å². The topological polar surface area (TPSA) is 79.2 Å². The van der Waals surface area contributed by atoms with Gasteiger partial charge in [-0.15, -0.1) is 0 Å². The highest BCUT2D eigenvalue weighted by atomic mass is 16.7. The van der Waals surface area contributed by atoms with E-state index in [1.807, 2.05) is 25.1 Å². The van der Waals surface area contributed by atoms with Crippen molar-refractivity contribution >= 4 is 5.57 Å². The number of hydrogen-bond acceptors (Lipinski definition) is 7. The van der Waals surface area contributed by atoms with Gasteiger partial charge in [-0.3, -0.25) is 0 Å². The van der Waals surface area contributed by atoms with Gasteiger partial charge in [-0.25, -0.2) is 0 Å². The van der Waals surface area contributed by atoms with E-state index in [4.69, 9.17) is 28.4 Å². The molecule has 2 aromatic rings. The van der Waals surface area contributed by atoms with Crippen LogP contribution in [0, 0.1) is 11.3 Å². The van der Waals surface area contributed by atoms with Crippen molar-refractivity contribution in [1.82, 2.24) is 0 Å². The van der Waals surface area contributed by atoms with Crippen molar-refractivity contribution in [3.8, 4) is 29.1 Å². The summed E-state index contributed by atoms with van der Waals surface area (Å²) in [5.74, 6) is 2.11. The van der Waals surface area contributed by atoms with Crippen molar-refractivity contribution in [3.05, 3.63) is 53.1 Å². The molecule has 0 amide bonds. The molecule has 0 fully saturated rings. The fourth-order valence-electron chi connectivity index (χ4n) is 2.94. The molecule has 0 heterocycles. The van der Waals surface area contributed by atoms with Crippen LogP contribution in [0.1, 0.15) is 23.6 Å². The van der Waals surface area contributed by atoms with E-state index in [9.17, 15) is 5.26 Å². The van der Waals surface area contributed by atoms with Gasteiger partial charge >= 0.3 is 0 Å². The van der Waals surface area contributed by atoms with Gasteiger partial charge < -0.3 is 28.4 Å². The first-order valence-electron chi connectivity index (χ1n) is 9.37. The second kappa shape index (κ2) is 11.7. The van der Waals surface area contributed by atoms with Gasteiger partial charge in [0.2, 0.25) is 5.75 Å². The second-order valence-corrected chi connectivity index (χ2v) is 6.06. The molecule has 0 N–H and O–H groups in total. The standard InChI is InChI=1S/C23H27NO6/c1-6-29-10-9-18(17-12-21(26-3)23(28-5)22(13-17)27-4)19-11-16(14-24)7-8-20(19)30-15-25-2/h7-9,11-13H,6,10,15H2,1-5H3/b18-9-. The molecular weight excluding hydrogens is 386 g/mol. The first-order chi connectivity index (χ1) is 14.6. The largest absolute Gasteiger partial charge is 0.493 e. The van der Waals surface area contributed by atoms with Crippen molar-refractivity contribution < 1.29 is 28.4 Å². The maximum absolute atomic E-state index is 9.41. The highest BCUT2D eigenvalue weighted by molar-refractivity contribution is 5.85. The molecule has 2 aromatic carbocycles. The van der Waals surface area contributed by atoms with Crippen LogP contribution in [-0.2, 0) is 9.47 Å². The van der Waals surface area contributed by atoms with Gasteiger partial charge in [0.05, 0.1) is 39.6 Å². The van der Waals surface area contributed by atoms with Crippen molar-refractivity contribution in [3.63, 3.8) is 0 Å². The second-order valence-electron chi connectivity index (χ2n) is 6.06. The smallest absolute Gasteiger partial charge is 0.203 e. The van der Waals surface area contributed by atoms with Gasteiger partial charge in [0.1, 0.15) is 5.75 Å². The summed E-state index contributed by atoms with van der Waals surface area (Å²) < 4.78 is 32.8. The van der Waals surface area contributed by atoms with E-state index in [0.29, 0.717) is 41.8 Å². The van der Waals surface area contributed by atoms with E-state index in [2.05, 4.69) is 6.07 Å². The van der Waals surface area contributed by atoms with E-state index < -0.39 is 0 Å². The first-order valence-corrected chi connectivity index (χ1v) is 9.37. The molecule has 2 rings (SSSR count). The Morgan fingerprint density at radius 3 is 2.20 bits per heavy atom. The molecule has 30 heavy (non-hydrogen) atoms. The molecule has 0 aromatic heterocycles. The number of nitriles is 1. The fourth-order valence-corrected chi connectivity index (χ4v) is 2.94. The van der Waals surface area contributed by atoms with Crippen LogP contribution >= 0.6 is 0 Å². The number of ether oxygens (including phenoxy) is 6. The summed E-state index contributed by atoms with van der Waals surface area (Å²) in [6.45, 7) is 2.95. The van der Waals surface area contributed by atoms with Crippen LogP contribution in [0.2, 0.25) is 0 Å². The molecule has 0 aliphatic rings. The third kappa shape index (κ3) is 5.44. The normalized spacial score (nSPS) is 11.0. The average Bonchev–Trinajstić information content (AvgIpc) is 2.79. The third-order valence-corrected chi connectivity index (χ3v) is 4.32. The summed E-state index contributed by atoms with van der Waals surface area (Å²) in [6, 6.07) is 11.1. The van der Waals surface area contributed by atoms with Crippen LogP contribution in [0.4, 0.5) is 0 Å². The summed E-state index contributed by atoms with van der Waals surface area (Å²) in [4.78, 5) is 0. The lowest BCUT2D eigenvalue weighted by Crippen LogP contribution is -2.04. The lowest BCUT2D eigenvalue weighted by molar-refractivity contribution is 0.0509. The molecule has 0 aliphatic heterocycles. The van der Waals surface area contributed by atoms with Gasteiger partial charge in [0.25, 0.3) is 0 Å². The molecule has 0 aliphatic carbocycles. The van der Waals surface area contributed by atoms with Gasteiger partial charge in [0.15, 0.2) is 18.3 Å². The zero-order chi connectivity index (χ0) is 21.9. The van der Waals surface area contributed by atoms with Gasteiger partial charge in [-0.2, -0.15) is 5.26 Å². The molecular formula is C23H27NO6. The molecule has 0 saturated heterocycles. The van der Waals surface area contributed by atoms with E-state index in [1.165, 1.54) is 0 Å². The Morgan fingerprint density at radius 1 is 0.967 bits per heavy atom. The highest BCUT2D eigenvalue weighted by Crippen LogP contribution is 2.42. The zero-order valence-corrected chi connectivity index (χ0v) is 18.0. The van der Waals surface area contributed by atoms with E-state index in [-0.39, 0.29) is 6.79 Å². The molecule has 0 radical (unpaired) electrons. The number of hydrogen-bond donors (Lipinski definition) is 0. The van der Waals surface area contributed by atoms with E-state index in [0.717, 1.165) is 16.7 Å². The fraction of sp³-hybridized carbons (Fsp3) is 0.348. The maximum atomic E-state index is 9.41. The summed E-state index contributed by atoms with van der Waals surface area (Å²) in [5.41, 5.74) is 2.82. The number of methoxy groups -OCH3 is 4. The number of nitrogens with zero attached hydrogens (tertiary/aromatic N) is 1. The Kier molecular flexibility index (Phi) is 9.01. The van der Waals surface area contributed by atoms with Crippen LogP contribution in [0.25, 0.3) is 5.57 Å². The molecule has 7 heteroatoms. The molecule has 160 valence electrons. The molecule has 0 saturated carbocycles.